The SMILES string of the molecule is COc1c(Br)c(Cl)cc2c(N3CCN(C(=O)OC(C)(C)C)CC3)nc(=O)n(CC3CCCN3C)c12. The highest BCUT2D eigenvalue weighted by molar-refractivity contribution is 9.10. The molecule has 1 atom stereocenters. The van der Waals surface area contributed by atoms with Crippen LogP contribution in [-0.4, -0.2) is 84.0 Å². The molecule has 192 valence electrons. The summed E-state index contributed by atoms with van der Waals surface area (Å²) < 4.78 is 13.6. The number of fused-ring (bicyclic) bond motifs is 1. The number of likely N-dealkylation sites (N-methyl/N-ethyl adjacent to an activating group) is 1. The van der Waals surface area contributed by atoms with E-state index in [1.807, 2.05) is 31.7 Å². The van der Waals surface area contributed by atoms with Gasteiger partial charge in [0.15, 0.2) is 5.75 Å². The maximum atomic E-state index is 13.4. The fourth-order valence-corrected chi connectivity index (χ4v) is 5.44. The number of carbonyl (C=O) groups is 1. The van der Waals surface area contributed by atoms with Crippen LogP contribution in [-0.2, 0) is 11.3 Å². The number of hydrogen-bond acceptors (Lipinski definition) is 7. The van der Waals surface area contributed by atoms with Gasteiger partial charge in [-0.2, -0.15) is 4.98 Å². The van der Waals surface area contributed by atoms with Gasteiger partial charge in [-0.1, -0.05) is 11.6 Å². The molecular formula is C24H33BrClN5O4. The first-order valence-electron chi connectivity index (χ1n) is 11.9. The molecule has 2 aliphatic rings. The fraction of sp³-hybridized carbons (Fsp3) is 0.625. The molecule has 0 bridgehead atoms. The summed E-state index contributed by atoms with van der Waals surface area (Å²) in [4.78, 5) is 36.4. The van der Waals surface area contributed by atoms with Crippen LogP contribution in [0.4, 0.5) is 10.6 Å². The molecular weight excluding hydrogens is 538 g/mol. The van der Waals surface area contributed by atoms with E-state index < -0.39 is 5.60 Å². The van der Waals surface area contributed by atoms with Gasteiger partial charge in [0.2, 0.25) is 0 Å². The number of anilines is 1. The minimum Gasteiger partial charge on any atom is -0.493 e. The normalized spacial score (nSPS) is 19.5. The molecule has 0 spiro atoms. The van der Waals surface area contributed by atoms with Crippen LogP contribution in [0.5, 0.6) is 5.75 Å². The Morgan fingerprint density at radius 1 is 1.23 bits per heavy atom. The number of benzene rings is 1. The van der Waals surface area contributed by atoms with Gasteiger partial charge in [0.25, 0.3) is 0 Å². The lowest BCUT2D eigenvalue weighted by Gasteiger charge is -2.36. The lowest BCUT2D eigenvalue weighted by atomic mass is 10.1. The van der Waals surface area contributed by atoms with E-state index in [4.69, 9.17) is 21.1 Å². The maximum Gasteiger partial charge on any atom is 0.410 e. The van der Waals surface area contributed by atoms with E-state index in [0.717, 1.165) is 24.8 Å². The van der Waals surface area contributed by atoms with Crippen molar-refractivity contribution in [2.45, 2.75) is 51.8 Å². The standard InChI is InChI=1S/C24H33BrClN5O4/c1-24(2,3)35-23(33)30-11-9-29(10-12-30)21-16-13-17(26)18(25)20(34-5)19(16)31(22(32)27-21)14-15-7-6-8-28(15)4/h13,15H,6-12,14H2,1-5H3. The summed E-state index contributed by atoms with van der Waals surface area (Å²) in [5, 5.41) is 1.23. The van der Waals surface area contributed by atoms with Crippen LogP contribution in [0.1, 0.15) is 33.6 Å². The van der Waals surface area contributed by atoms with E-state index in [0.29, 0.717) is 59.3 Å². The Hall–Kier alpha value is -2.04. The highest BCUT2D eigenvalue weighted by atomic mass is 79.9. The molecule has 3 heterocycles. The number of ether oxygens (including phenoxy) is 2. The first-order valence-corrected chi connectivity index (χ1v) is 13.1. The van der Waals surface area contributed by atoms with E-state index in [2.05, 4.69) is 32.9 Å². The van der Waals surface area contributed by atoms with Crippen molar-refractivity contribution in [3.05, 3.63) is 26.0 Å². The van der Waals surface area contributed by atoms with Crippen LogP contribution in [0.3, 0.4) is 0 Å². The summed E-state index contributed by atoms with van der Waals surface area (Å²) in [6.45, 7) is 9.07. The van der Waals surface area contributed by atoms with Gasteiger partial charge >= 0.3 is 11.8 Å². The molecule has 1 aromatic carbocycles. The monoisotopic (exact) mass is 569 g/mol. The molecule has 0 N–H and O–H groups in total. The first-order chi connectivity index (χ1) is 16.5. The zero-order chi connectivity index (χ0) is 25.5. The van der Waals surface area contributed by atoms with Crippen LogP contribution in [0.25, 0.3) is 10.9 Å². The Bertz CT molecular complexity index is 1170. The maximum absolute atomic E-state index is 13.4. The number of halogens is 2. The molecule has 0 saturated carbocycles. The Morgan fingerprint density at radius 2 is 1.91 bits per heavy atom. The van der Waals surface area contributed by atoms with Crippen LogP contribution in [0.2, 0.25) is 5.02 Å². The Morgan fingerprint density at radius 3 is 2.49 bits per heavy atom. The number of aromatic nitrogens is 2. The van der Waals surface area contributed by atoms with Crippen molar-refractivity contribution in [1.29, 1.82) is 0 Å². The summed E-state index contributed by atoms with van der Waals surface area (Å²) in [7, 11) is 3.66. The van der Waals surface area contributed by atoms with Crippen LogP contribution >= 0.6 is 27.5 Å². The van der Waals surface area contributed by atoms with Gasteiger partial charge in [0.1, 0.15) is 11.4 Å². The average Bonchev–Trinajstić information content (AvgIpc) is 3.20. The smallest absolute Gasteiger partial charge is 0.410 e. The van der Waals surface area contributed by atoms with E-state index in [1.165, 1.54) is 0 Å². The third-order valence-corrected chi connectivity index (χ3v) is 7.91. The molecule has 1 amide bonds. The van der Waals surface area contributed by atoms with Crippen molar-refractivity contribution in [2.75, 3.05) is 51.8 Å². The number of rotatable bonds is 4. The molecule has 0 aliphatic carbocycles. The van der Waals surface area contributed by atoms with Gasteiger partial charge in [-0.15, -0.1) is 0 Å². The second-order valence-corrected chi connectivity index (χ2v) is 11.4. The van der Waals surface area contributed by atoms with Crippen molar-refractivity contribution in [2.24, 2.45) is 0 Å². The highest BCUT2D eigenvalue weighted by Crippen LogP contribution is 2.41. The summed E-state index contributed by atoms with van der Waals surface area (Å²) in [5.41, 5.74) is -0.201. The summed E-state index contributed by atoms with van der Waals surface area (Å²) in [6, 6.07) is 2.08. The van der Waals surface area contributed by atoms with Crippen molar-refractivity contribution >= 4 is 50.3 Å². The zero-order valence-corrected chi connectivity index (χ0v) is 23.3. The Labute approximate surface area is 219 Å². The summed E-state index contributed by atoms with van der Waals surface area (Å²) in [6.07, 6.45) is 1.80. The van der Waals surface area contributed by atoms with Crippen molar-refractivity contribution in [1.82, 2.24) is 19.4 Å². The minimum absolute atomic E-state index is 0.250. The van der Waals surface area contributed by atoms with Crippen LogP contribution in [0, 0.1) is 0 Å². The molecule has 0 radical (unpaired) electrons. The second-order valence-electron chi connectivity index (χ2n) is 10.2. The molecule has 2 saturated heterocycles. The number of methoxy groups -OCH3 is 1. The third-order valence-electron chi connectivity index (χ3n) is 6.59. The lowest BCUT2D eigenvalue weighted by Crippen LogP contribution is -2.50. The zero-order valence-electron chi connectivity index (χ0n) is 20.9. The van der Waals surface area contributed by atoms with Gasteiger partial charge in [-0.25, -0.2) is 9.59 Å². The Balaban J connectivity index is 1.72. The molecule has 2 aliphatic heterocycles. The van der Waals surface area contributed by atoms with E-state index >= 15 is 0 Å². The van der Waals surface area contributed by atoms with E-state index in [1.54, 1.807) is 16.6 Å². The number of nitrogens with zero attached hydrogens (tertiary/aromatic N) is 5. The predicted molar refractivity (Wildman–Crippen MR) is 141 cm³/mol. The van der Waals surface area contributed by atoms with Gasteiger partial charge in [0.05, 0.1) is 22.1 Å². The van der Waals surface area contributed by atoms with Gasteiger partial charge in [-0.3, -0.25) is 4.57 Å². The number of piperazine rings is 1. The van der Waals surface area contributed by atoms with Crippen molar-refractivity contribution in [3.8, 4) is 5.75 Å². The number of likely N-dealkylation sites (tertiary alicyclic amines) is 1. The number of hydrogen-bond donors (Lipinski definition) is 0. The second kappa shape index (κ2) is 10.1. The van der Waals surface area contributed by atoms with Crippen molar-refractivity contribution in [3.63, 3.8) is 0 Å². The molecule has 4 rings (SSSR count). The lowest BCUT2D eigenvalue weighted by molar-refractivity contribution is 0.0240. The molecule has 2 fully saturated rings. The largest absolute Gasteiger partial charge is 0.493 e. The first kappa shape index (κ1) is 26.0. The van der Waals surface area contributed by atoms with Crippen LogP contribution in [0.15, 0.2) is 15.3 Å². The molecule has 1 aromatic heterocycles. The van der Waals surface area contributed by atoms with Gasteiger partial charge in [-0.05, 0) is 69.2 Å². The van der Waals surface area contributed by atoms with Gasteiger partial charge in [0, 0.05) is 44.2 Å². The minimum atomic E-state index is -0.551. The number of carbonyl (C=O) groups excluding carboxylic acids is 1. The summed E-state index contributed by atoms with van der Waals surface area (Å²) in [5.74, 6) is 1.07. The third kappa shape index (κ3) is 5.39. The van der Waals surface area contributed by atoms with Crippen molar-refractivity contribution < 1.29 is 14.3 Å². The van der Waals surface area contributed by atoms with Gasteiger partial charge < -0.3 is 24.2 Å². The molecule has 11 heteroatoms. The molecule has 2 aromatic rings. The molecule has 9 nitrogen and oxygen atoms in total. The van der Waals surface area contributed by atoms with E-state index in [-0.39, 0.29) is 17.8 Å². The fourth-order valence-electron chi connectivity index (χ4n) is 4.78. The molecule has 1 unspecified atom stereocenters. The number of amides is 1. The highest BCUT2D eigenvalue weighted by Gasteiger charge is 2.30. The Kier molecular flexibility index (Phi) is 7.54. The van der Waals surface area contributed by atoms with E-state index in [9.17, 15) is 9.59 Å². The average molecular weight is 571 g/mol. The van der Waals surface area contributed by atoms with Crippen LogP contribution < -0.4 is 15.3 Å². The summed E-state index contributed by atoms with van der Waals surface area (Å²) >= 11 is 10.1. The topological polar surface area (TPSA) is 80.1 Å². The predicted octanol–water partition coefficient (Wildman–Crippen LogP) is 3.97. The molecule has 35 heavy (non-hydrogen) atoms. The quantitative estimate of drug-likeness (QED) is 0.550.